The Bertz CT molecular complexity index is 712. The van der Waals surface area contributed by atoms with Gasteiger partial charge in [0.15, 0.2) is 5.13 Å². The largest absolute Gasteiger partial charge is 0.316 e. The summed E-state index contributed by atoms with van der Waals surface area (Å²) in [5.41, 5.74) is 2.23. The molecule has 2 heterocycles. The van der Waals surface area contributed by atoms with Crippen LogP contribution in [-0.4, -0.2) is 24.0 Å². The van der Waals surface area contributed by atoms with Crippen molar-refractivity contribution >= 4 is 34.0 Å². The highest BCUT2D eigenvalue weighted by molar-refractivity contribution is 7.15. The molecule has 1 fully saturated rings. The maximum atomic E-state index is 12.2. The van der Waals surface area contributed by atoms with Crippen molar-refractivity contribution in [3.63, 3.8) is 0 Å². The number of thiazole rings is 1. The van der Waals surface area contributed by atoms with E-state index in [9.17, 15) is 4.79 Å². The summed E-state index contributed by atoms with van der Waals surface area (Å²) in [6.07, 6.45) is 2.60. The van der Waals surface area contributed by atoms with Gasteiger partial charge in [0, 0.05) is 28.4 Å². The number of aromatic nitrogens is 1. The molecule has 1 amide bonds. The molecule has 0 aliphatic carbocycles. The van der Waals surface area contributed by atoms with E-state index < -0.39 is 0 Å². The second-order valence-electron chi connectivity index (χ2n) is 6.09. The van der Waals surface area contributed by atoms with Crippen LogP contribution in [0.3, 0.4) is 0 Å². The van der Waals surface area contributed by atoms with Crippen LogP contribution in [0.2, 0.25) is 5.02 Å². The summed E-state index contributed by atoms with van der Waals surface area (Å²) in [5.74, 6) is 0.499. The lowest BCUT2D eigenvalue weighted by Gasteiger charge is -2.31. The van der Waals surface area contributed by atoms with Crippen LogP contribution in [0.4, 0.5) is 5.13 Å². The molecule has 1 aliphatic heterocycles. The molecule has 23 heavy (non-hydrogen) atoms. The molecular weight excluding hydrogens is 330 g/mol. The van der Waals surface area contributed by atoms with Crippen LogP contribution in [0.5, 0.6) is 0 Å². The highest BCUT2D eigenvalue weighted by atomic mass is 35.5. The van der Waals surface area contributed by atoms with Crippen molar-refractivity contribution in [2.45, 2.75) is 20.3 Å². The minimum atomic E-state index is 0.0134. The fourth-order valence-electron chi connectivity index (χ4n) is 2.49. The molecule has 0 spiro atoms. The second kappa shape index (κ2) is 6.99. The van der Waals surface area contributed by atoms with Gasteiger partial charge < -0.3 is 10.6 Å². The first-order chi connectivity index (χ1) is 11.0. The number of benzene rings is 1. The molecule has 4 nitrogen and oxygen atoms in total. The summed E-state index contributed by atoms with van der Waals surface area (Å²) in [4.78, 5) is 17.6. The van der Waals surface area contributed by atoms with Gasteiger partial charge in [0.2, 0.25) is 5.91 Å². The molecule has 6 heteroatoms. The van der Waals surface area contributed by atoms with Gasteiger partial charge in [0.05, 0.1) is 0 Å². The van der Waals surface area contributed by atoms with Crippen molar-refractivity contribution < 1.29 is 4.79 Å². The fraction of sp³-hybridized carbons (Fsp3) is 0.412. The van der Waals surface area contributed by atoms with Gasteiger partial charge in [-0.3, -0.25) is 4.79 Å². The highest BCUT2D eigenvalue weighted by Gasteiger charge is 2.29. The summed E-state index contributed by atoms with van der Waals surface area (Å²) >= 11 is 7.68. The number of nitrogens with one attached hydrogen (secondary N) is 2. The Morgan fingerprint density at radius 3 is 2.96 bits per heavy atom. The Labute approximate surface area is 145 Å². The van der Waals surface area contributed by atoms with E-state index in [4.69, 9.17) is 11.6 Å². The first-order valence-corrected chi connectivity index (χ1v) is 8.93. The Morgan fingerprint density at radius 2 is 2.30 bits per heavy atom. The topological polar surface area (TPSA) is 54.0 Å². The monoisotopic (exact) mass is 349 g/mol. The van der Waals surface area contributed by atoms with Crippen LogP contribution in [0.1, 0.15) is 22.9 Å². The van der Waals surface area contributed by atoms with Crippen molar-refractivity contribution in [3.05, 3.63) is 45.4 Å². The molecule has 1 unspecified atom stereocenters. The van der Waals surface area contributed by atoms with Crippen LogP contribution >= 0.6 is 22.9 Å². The van der Waals surface area contributed by atoms with E-state index in [0.717, 1.165) is 40.5 Å². The molecule has 1 aliphatic rings. The van der Waals surface area contributed by atoms with E-state index in [0.29, 0.717) is 11.0 Å². The predicted octanol–water partition coefficient (Wildman–Crippen LogP) is 3.49. The van der Waals surface area contributed by atoms with Crippen LogP contribution in [-0.2, 0) is 11.2 Å². The number of hydrogen-bond acceptors (Lipinski definition) is 4. The number of amides is 1. The number of carbonyl (C=O) groups excluding carboxylic acids is 1. The van der Waals surface area contributed by atoms with Gasteiger partial charge in [-0.2, -0.15) is 0 Å². The molecule has 0 saturated carbocycles. The number of rotatable bonds is 5. The maximum Gasteiger partial charge on any atom is 0.229 e. The van der Waals surface area contributed by atoms with Gasteiger partial charge in [-0.25, -0.2) is 4.98 Å². The van der Waals surface area contributed by atoms with Gasteiger partial charge in [-0.15, -0.1) is 11.3 Å². The van der Waals surface area contributed by atoms with Gasteiger partial charge in [-0.05, 0) is 43.1 Å². The third-order valence-electron chi connectivity index (χ3n) is 4.33. The van der Waals surface area contributed by atoms with Crippen LogP contribution in [0.15, 0.2) is 24.4 Å². The van der Waals surface area contributed by atoms with E-state index in [2.05, 4.69) is 21.7 Å². The Morgan fingerprint density at radius 1 is 1.52 bits per heavy atom. The van der Waals surface area contributed by atoms with E-state index in [1.54, 1.807) is 0 Å². The zero-order valence-electron chi connectivity index (χ0n) is 13.2. The van der Waals surface area contributed by atoms with E-state index in [1.807, 2.05) is 32.2 Å². The molecule has 0 radical (unpaired) electrons. The van der Waals surface area contributed by atoms with Crippen LogP contribution in [0, 0.1) is 18.8 Å². The number of nitrogens with zero attached hydrogens (tertiary/aromatic N) is 1. The summed E-state index contributed by atoms with van der Waals surface area (Å²) in [5, 5.41) is 7.58. The molecule has 2 aromatic rings. The lowest BCUT2D eigenvalue weighted by atomic mass is 9.88. The van der Waals surface area contributed by atoms with Crippen molar-refractivity contribution in [1.29, 1.82) is 0 Å². The zero-order valence-corrected chi connectivity index (χ0v) is 14.8. The number of hydrogen-bond donors (Lipinski definition) is 2. The molecule has 0 bridgehead atoms. The predicted molar refractivity (Wildman–Crippen MR) is 95.3 cm³/mol. The third-order valence-corrected chi connectivity index (χ3v) is 5.65. The van der Waals surface area contributed by atoms with Crippen molar-refractivity contribution in [2.24, 2.45) is 11.8 Å². The first kappa shape index (κ1) is 16.4. The Kier molecular flexibility index (Phi) is 4.99. The molecule has 1 aromatic carbocycles. The lowest BCUT2D eigenvalue weighted by molar-refractivity contribution is -0.121. The van der Waals surface area contributed by atoms with E-state index in [1.165, 1.54) is 11.3 Å². The van der Waals surface area contributed by atoms with Gasteiger partial charge >= 0.3 is 0 Å². The quantitative estimate of drug-likeness (QED) is 0.868. The fourth-order valence-corrected chi connectivity index (χ4v) is 3.55. The molecule has 1 atom stereocenters. The number of anilines is 1. The molecule has 2 N–H and O–H groups in total. The van der Waals surface area contributed by atoms with Crippen molar-refractivity contribution in [1.82, 2.24) is 10.3 Å². The normalized spacial score (nSPS) is 16.0. The number of aryl methyl sites for hydroxylation is 1. The van der Waals surface area contributed by atoms with Crippen molar-refractivity contribution in [2.75, 3.05) is 18.4 Å². The van der Waals surface area contributed by atoms with Gasteiger partial charge in [0.25, 0.3) is 0 Å². The van der Waals surface area contributed by atoms with E-state index in [-0.39, 0.29) is 11.8 Å². The molecule has 1 aromatic heterocycles. The molecule has 1 saturated heterocycles. The summed E-state index contributed by atoms with van der Waals surface area (Å²) in [6.45, 7) is 5.81. The summed E-state index contributed by atoms with van der Waals surface area (Å²) in [6, 6.07) is 6.08. The van der Waals surface area contributed by atoms with Crippen LogP contribution in [0.25, 0.3) is 0 Å². The minimum Gasteiger partial charge on any atom is -0.316 e. The van der Waals surface area contributed by atoms with Crippen molar-refractivity contribution in [3.8, 4) is 0 Å². The smallest absolute Gasteiger partial charge is 0.229 e. The van der Waals surface area contributed by atoms with Gasteiger partial charge in [0.1, 0.15) is 0 Å². The van der Waals surface area contributed by atoms with Crippen LogP contribution < -0.4 is 10.6 Å². The second-order valence-corrected chi connectivity index (χ2v) is 7.61. The molecular formula is C17H20ClN3OS. The summed E-state index contributed by atoms with van der Waals surface area (Å²) < 4.78 is 0. The number of halogens is 1. The Hall–Kier alpha value is -1.43. The minimum absolute atomic E-state index is 0.0134. The summed E-state index contributed by atoms with van der Waals surface area (Å²) in [7, 11) is 0. The van der Waals surface area contributed by atoms with Gasteiger partial charge in [-0.1, -0.05) is 30.7 Å². The Balaban J connectivity index is 1.61. The average Bonchev–Trinajstić information content (AvgIpc) is 2.88. The lowest BCUT2D eigenvalue weighted by Crippen LogP contribution is -2.48. The zero-order chi connectivity index (χ0) is 16.4. The van der Waals surface area contributed by atoms with E-state index >= 15 is 0 Å². The standard InChI is InChI=1S/C17H20ClN3OS/c1-10-3-4-12(6-15(10)18)5-14-9-20-17(23-14)21-16(22)11(2)13-7-19-8-13/h3-4,6,9,11,13,19H,5,7-8H2,1-2H3,(H,20,21,22). The average molecular weight is 350 g/mol. The first-order valence-electron chi connectivity index (χ1n) is 7.74. The SMILES string of the molecule is Cc1ccc(Cc2cnc(NC(=O)C(C)C3CNC3)s2)cc1Cl. The highest BCUT2D eigenvalue weighted by Crippen LogP contribution is 2.25. The number of carbonyl (C=O) groups is 1. The molecule has 3 rings (SSSR count). The maximum absolute atomic E-state index is 12.2. The third kappa shape index (κ3) is 3.91. The molecule has 122 valence electrons.